The summed E-state index contributed by atoms with van der Waals surface area (Å²) in [6.45, 7) is 1.52. The molecule has 98 valence electrons. The lowest BCUT2D eigenvalue weighted by Crippen LogP contribution is -2.40. The highest BCUT2D eigenvalue weighted by molar-refractivity contribution is 6.18. The third kappa shape index (κ3) is 2.76. The van der Waals surface area contributed by atoms with Crippen LogP contribution in [0.5, 0.6) is 5.75 Å². The van der Waals surface area contributed by atoms with E-state index in [1.54, 1.807) is 4.90 Å². The molecule has 0 saturated carbocycles. The third-order valence-corrected chi connectivity index (χ3v) is 3.11. The van der Waals surface area contributed by atoms with Gasteiger partial charge in [-0.05, 0) is 37.7 Å². The van der Waals surface area contributed by atoms with Gasteiger partial charge in [0.25, 0.3) is 5.91 Å². The maximum absolute atomic E-state index is 11.8. The molecule has 2 rings (SSSR count). The Kier molecular flexibility index (Phi) is 4.44. The van der Waals surface area contributed by atoms with E-state index in [1.165, 1.54) is 5.56 Å². The lowest BCUT2D eigenvalue weighted by Gasteiger charge is -2.29. The van der Waals surface area contributed by atoms with Crippen molar-refractivity contribution in [3.63, 3.8) is 0 Å². The summed E-state index contributed by atoms with van der Waals surface area (Å²) in [6.07, 6.45) is 0.923. The van der Waals surface area contributed by atoms with E-state index >= 15 is 0 Å². The maximum Gasteiger partial charge on any atom is 0.265 e. The standard InChI is InChI=1S/C13H17ClN2O2/c1-15-6-4-10-2-3-12-11(8-10)16(7-5-14)13(17)9-18-12/h2-3,8,15H,4-7,9H2,1H3. The Morgan fingerprint density at radius 3 is 3.06 bits per heavy atom. The second kappa shape index (κ2) is 6.07. The van der Waals surface area contributed by atoms with E-state index in [0.717, 1.165) is 24.4 Å². The number of carbonyl (C=O) groups excluding carboxylic acids is 1. The number of ether oxygens (including phenoxy) is 1. The summed E-state index contributed by atoms with van der Waals surface area (Å²) in [5.41, 5.74) is 2.02. The van der Waals surface area contributed by atoms with Crippen LogP contribution in [0.2, 0.25) is 0 Å². The number of amides is 1. The average molecular weight is 269 g/mol. The fourth-order valence-corrected chi connectivity index (χ4v) is 2.17. The van der Waals surface area contributed by atoms with Crippen molar-refractivity contribution < 1.29 is 9.53 Å². The second-order valence-electron chi connectivity index (χ2n) is 4.18. The number of rotatable bonds is 5. The van der Waals surface area contributed by atoms with Crippen LogP contribution in [0.1, 0.15) is 5.56 Å². The number of benzene rings is 1. The molecule has 1 aromatic carbocycles. The van der Waals surface area contributed by atoms with Crippen molar-refractivity contribution >= 4 is 23.2 Å². The molecule has 0 unspecified atom stereocenters. The Balaban J connectivity index is 2.26. The molecule has 0 aromatic heterocycles. The molecule has 4 nitrogen and oxygen atoms in total. The lowest BCUT2D eigenvalue weighted by molar-refractivity contribution is -0.121. The third-order valence-electron chi connectivity index (χ3n) is 2.94. The number of alkyl halides is 1. The molecular formula is C13H17ClN2O2. The van der Waals surface area contributed by atoms with Gasteiger partial charge in [-0.2, -0.15) is 0 Å². The van der Waals surface area contributed by atoms with Crippen LogP contribution in [0, 0.1) is 0 Å². The van der Waals surface area contributed by atoms with Crippen LogP contribution in [-0.4, -0.2) is 38.5 Å². The molecule has 0 radical (unpaired) electrons. The highest BCUT2D eigenvalue weighted by atomic mass is 35.5. The van der Waals surface area contributed by atoms with Crippen LogP contribution in [0.15, 0.2) is 18.2 Å². The van der Waals surface area contributed by atoms with Crippen molar-refractivity contribution in [2.24, 2.45) is 0 Å². The zero-order valence-corrected chi connectivity index (χ0v) is 11.2. The number of fused-ring (bicyclic) bond motifs is 1. The Bertz CT molecular complexity index is 437. The van der Waals surface area contributed by atoms with Crippen molar-refractivity contribution in [3.05, 3.63) is 23.8 Å². The highest BCUT2D eigenvalue weighted by Crippen LogP contribution is 2.32. The molecule has 0 spiro atoms. The monoisotopic (exact) mass is 268 g/mol. The number of nitrogens with zero attached hydrogens (tertiary/aromatic N) is 1. The molecule has 1 aliphatic rings. The van der Waals surface area contributed by atoms with Gasteiger partial charge in [-0.25, -0.2) is 0 Å². The quantitative estimate of drug-likeness (QED) is 0.821. The largest absolute Gasteiger partial charge is 0.482 e. The van der Waals surface area contributed by atoms with E-state index in [1.807, 2.05) is 25.2 Å². The van der Waals surface area contributed by atoms with Gasteiger partial charge in [0.1, 0.15) is 5.75 Å². The van der Waals surface area contributed by atoms with Gasteiger partial charge >= 0.3 is 0 Å². The topological polar surface area (TPSA) is 41.6 Å². The summed E-state index contributed by atoms with van der Waals surface area (Å²) in [7, 11) is 1.92. The van der Waals surface area contributed by atoms with Crippen molar-refractivity contribution in [2.45, 2.75) is 6.42 Å². The van der Waals surface area contributed by atoms with Crippen LogP contribution in [0.3, 0.4) is 0 Å². The van der Waals surface area contributed by atoms with E-state index in [-0.39, 0.29) is 12.5 Å². The molecule has 1 N–H and O–H groups in total. The van der Waals surface area contributed by atoms with E-state index < -0.39 is 0 Å². The summed E-state index contributed by atoms with van der Waals surface area (Å²) in [5, 5.41) is 3.11. The summed E-state index contributed by atoms with van der Waals surface area (Å²) in [6, 6.07) is 5.97. The van der Waals surface area contributed by atoms with Gasteiger partial charge < -0.3 is 15.0 Å². The smallest absolute Gasteiger partial charge is 0.265 e. The number of halogens is 1. The molecule has 1 heterocycles. The molecule has 0 aliphatic carbocycles. The van der Waals surface area contributed by atoms with Crippen LogP contribution in [-0.2, 0) is 11.2 Å². The van der Waals surface area contributed by atoms with Crippen molar-refractivity contribution in [1.29, 1.82) is 0 Å². The summed E-state index contributed by atoms with van der Waals surface area (Å²) < 4.78 is 5.42. The molecule has 18 heavy (non-hydrogen) atoms. The average Bonchev–Trinajstić information content (AvgIpc) is 2.39. The number of anilines is 1. The van der Waals surface area contributed by atoms with E-state index in [0.29, 0.717) is 12.4 Å². The van der Waals surface area contributed by atoms with Gasteiger partial charge in [-0.1, -0.05) is 6.07 Å². The van der Waals surface area contributed by atoms with Gasteiger partial charge in [-0.3, -0.25) is 4.79 Å². The predicted octanol–water partition coefficient (Wildman–Crippen LogP) is 1.41. The van der Waals surface area contributed by atoms with E-state index in [2.05, 4.69) is 5.32 Å². The molecule has 1 aromatic rings. The fraction of sp³-hybridized carbons (Fsp3) is 0.462. The minimum Gasteiger partial charge on any atom is -0.482 e. The SMILES string of the molecule is CNCCc1ccc2c(c1)N(CCCl)C(=O)CO2. The molecule has 0 bridgehead atoms. The fourth-order valence-electron chi connectivity index (χ4n) is 2.00. The molecule has 0 atom stereocenters. The van der Waals surface area contributed by atoms with E-state index in [4.69, 9.17) is 16.3 Å². The Morgan fingerprint density at radius 2 is 2.33 bits per heavy atom. The minimum atomic E-state index is -0.0334. The summed E-state index contributed by atoms with van der Waals surface area (Å²) in [4.78, 5) is 13.5. The first kappa shape index (κ1) is 13.2. The predicted molar refractivity (Wildman–Crippen MR) is 72.6 cm³/mol. The summed E-state index contributed by atoms with van der Waals surface area (Å²) in [5.74, 6) is 1.15. The Morgan fingerprint density at radius 1 is 1.50 bits per heavy atom. The van der Waals surface area contributed by atoms with Crippen LogP contribution in [0.25, 0.3) is 0 Å². The van der Waals surface area contributed by atoms with Gasteiger partial charge in [-0.15, -0.1) is 11.6 Å². The van der Waals surface area contributed by atoms with Gasteiger partial charge in [0.2, 0.25) is 0 Å². The van der Waals surface area contributed by atoms with Gasteiger partial charge in [0, 0.05) is 12.4 Å². The zero-order chi connectivity index (χ0) is 13.0. The number of carbonyl (C=O) groups is 1. The van der Waals surface area contributed by atoms with Crippen molar-refractivity contribution in [1.82, 2.24) is 5.32 Å². The van der Waals surface area contributed by atoms with Crippen molar-refractivity contribution in [2.75, 3.05) is 37.5 Å². The van der Waals surface area contributed by atoms with Crippen LogP contribution >= 0.6 is 11.6 Å². The number of hydrogen-bond acceptors (Lipinski definition) is 3. The molecule has 0 saturated heterocycles. The minimum absolute atomic E-state index is 0.0334. The number of hydrogen-bond donors (Lipinski definition) is 1. The molecule has 0 fully saturated rings. The van der Waals surface area contributed by atoms with Gasteiger partial charge in [0.15, 0.2) is 6.61 Å². The van der Waals surface area contributed by atoms with Gasteiger partial charge in [0.05, 0.1) is 5.69 Å². The number of nitrogens with one attached hydrogen (secondary N) is 1. The zero-order valence-electron chi connectivity index (χ0n) is 10.4. The Labute approximate surface area is 112 Å². The first-order chi connectivity index (χ1) is 8.76. The lowest BCUT2D eigenvalue weighted by atomic mass is 10.1. The first-order valence-corrected chi connectivity index (χ1v) is 6.56. The maximum atomic E-state index is 11.8. The second-order valence-corrected chi connectivity index (χ2v) is 4.56. The summed E-state index contributed by atoms with van der Waals surface area (Å²) >= 11 is 5.75. The highest BCUT2D eigenvalue weighted by Gasteiger charge is 2.24. The normalized spacial score (nSPS) is 14.3. The molecule has 5 heteroatoms. The van der Waals surface area contributed by atoms with E-state index in [9.17, 15) is 4.79 Å². The first-order valence-electron chi connectivity index (χ1n) is 6.03. The Hall–Kier alpha value is -1.26. The molecule has 1 aliphatic heterocycles. The number of likely N-dealkylation sites (N-methyl/N-ethyl adjacent to an activating group) is 1. The van der Waals surface area contributed by atoms with Crippen LogP contribution in [0.4, 0.5) is 5.69 Å². The van der Waals surface area contributed by atoms with Crippen LogP contribution < -0.4 is 15.0 Å². The molecule has 1 amide bonds. The molecular weight excluding hydrogens is 252 g/mol. The van der Waals surface area contributed by atoms with Crippen molar-refractivity contribution in [3.8, 4) is 5.75 Å².